The van der Waals surface area contributed by atoms with Gasteiger partial charge < -0.3 is 9.64 Å². The molecule has 0 fully saturated rings. The summed E-state index contributed by atoms with van der Waals surface area (Å²) in [5.74, 6) is -0.544. The van der Waals surface area contributed by atoms with Crippen molar-refractivity contribution in [1.29, 1.82) is 0 Å². The summed E-state index contributed by atoms with van der Waals surface area (Å²) in [6.07, 6.45) is -4.72. The van der Waals surface area contributed by atoms with E-state index >= 15 is 0 Å². The van der Waals surface area contributed by atoms with Crippen molar-refractivity contribution in [3.63, 3.8) is 0 Å². The van der Waals surface area contributed by atoms with Crippen molar-refractivity contribution in [2.45, 2.75) is 6.36 Å². The third-order valence-corrected chi connectivity index (χ3v) is 5.53. The summed E-state index contributed by atoms with van der Waals surface area (Å²) in [5.41, 5.74) is 1.53. The van der Waals surface area contributed by atoms with Gasteiger partial charge in [0.05, 0.1) is 15.1 Å². The molecule has 0 spiro atoms. The van der Waals surface area contributed by atoms with E-state index in [1.807, 2.05) is 36.2 Å². The Morgan fingerprint density at radius 1 is 0.852 bits per heavy atom. The van der Waals surface area contributed by atoms with Crippen LogP contribution in [-0.2, 0) is 0 Å². The Bertz CT molecular complexity index is 1120. The molecule has 27 heavy (non-hydrogen) atoms. The maximum atomic E-state index is 14.2. The molecule has 0 atom stereocenters. The number of ether oxygens (including phenoxy) is 1. The van der Waals surface area contributed by atoms with Crippen LogP contribution in [-0.4, -0.2) is 13.4 Å². The summed E-state index contributed by atoms with van der Waals surface area (Å²) in [6, 6.07) is 16.3. The first kappa shape index (κ1) is 17.6. The van der Waals surface area contributed by atoms with Gasteiger partial charge in [-0.3, -0.25) is 0 Å². The van der Waals surface area contributed by atoms with Crippen molar-refractivity contribution in [3.05, 3.63) is 66.5 Å². The van der Waals surface area contributed by atoms with Crippen LogP contribution in [0, 0.1) is 5.82 Å². The van der Waals surface area contributed by atoms with Crippen LogP contribution in [0.3, 0.4) is 0 Å². The normalized spacial score (nSPS) is 11.9. The van der Waals surface area contributed by atoms with E-state index in [0.29, 0.717) is 10.4 Å². The molecule has 3 aromatic carbocycles. The van der Waals surface area contributed by atoms with Crippen LogP contribution >= 0.6 is 11.3 Å². The molecule has 7 heteroatoms. The molecule has 0 N–H and O–H groups in total. The molecule has 0 aliphatic rings. The summed E-state index contributed by atoms with van der Waals surface area (Å²) in [4.78, 5) is 1.85. The first-order valence-electron chi connectivity index (χ1n) is 8.03. The molecular weight excluding hydrogens is 378 g/mol. The second-order valence-electron chi connectivity index (χ2n) is 5.97. The van der Waals surface area contributed by atoms with E-state index in [2.05, 4.69) is 4.74 Å². The molecule has 0 unspecified atom stereocenters. The lowest BCUT2D eigenvalue weighted by Crippen LogP contribution is -2.17. The summed E-state index contributed by atoms with van der Waals surface area (Å²) in [6.45, 7) is 0. The van der Waals surface area contributed by atoms with E-state index in [9.17, 15) is 17.6 Å². The minimum atomic E-state index is -4.72. The van der Waals surface area contributed by atoms with Crippen LogP contribution in [0.2, 0.25) is 0 Å². The van der Waals surface area contributed by atoms with Gasteiger partial charge in [0.15, 0.2) is 0 Å². The zero-order valence-corrected chi connectivity index (χ0v) is 14.9. The van der Waals surface area contributed by atoms with Crippen molar-refractivity contribution in [2.75, 3.05) is 11.9 Å². The van der Waals surface area contributed by atoms with Crippen LogP contribution in [0.4, 0.5) is 28.9 Å². The van der Waals surface area contributed by atoms with E-state index < -0.39 is 6.36 Å². The average molecular weight is 391 g/mol. The van der Waals surface area contributed by atoms with Crippen LogP contribution in [0.25, 0.3) is 20.2 Å². The van der Waals surface area contributed by atoms with Crippen molar-refractivity contribution < 1.29 is 22.3 Å². The third kappa shape index (κ3) is 3.30. The zero-order chi connectivity index (χ0) is 19.2. The fraction of sp³-hybridized carbons (Fsp3) is 0.100. The van der Waals surface area contributed by atoms with Gasteiger partial charge in [0, 0.05) is 23.5 Å². The van der Waals surface area contributed by atoms with Gasteiger partial charge in [0.2, 0.25) is 0 Å². The Morgan fingerprint density at radius 3 is 2.15 bits per heavy atom. The van der Waals surface area contributed by atoms with Gasteiger partial charge in [-0.25, -0.2) is 4.39 Å². The minimum Gasteiger partial charge on any atom is -0.406 e. The number of fused-ring (bicyclic) bond motifs is 3. The van der Waals surface area contributed by atoms with Gasteiger partial charge in [0.1, 0.15) is 11.6 Å². The average Bonchev–Trinajstić information content (AvgIpc) is 3.01. The maximum Gasteiger partial charge on any atom is 0.573 e. The molecule has 0 aliphatic heterocycles. The topological polar surface area (TPSA) is 12.5 Å². The number of nitrogens with zero attached hydrogens (tertiary/aromatic N) is 1. The first-order valence-corrected chi connectivity index (χ1v) is 8.84. The predicted molar refractivity (Wildman–Crippen MR) is 100 cm³/mol. The number of halogens is 4. The molecule has 0 amide bonds. The minimum absolute atomic E-state index is 0.268. The van der Waals surface area contributed by atoms with Crippen molar-refractivity contribution in [1.82, 2.24) is 0 Å². The van der Waals surface area contributed by atoms with Crippen molar-refractivity contribution >= 4 is 42.9 Å². The Labute approximate surface area is 156 Å². The molecule has 0 bridgehead atoms. The highest BCUT2D eigenvalue weighted by Crippen LogP contribution is 2.42. The number of anilines is 2. The maximum absolute atomic E-state index is 14.2. The van der Waals surface area contributed by atoms with Crippen molar-refractivity contribution in [2.24, 2.45) is 0 Å². The molecule has 0 aliphatic carbocycles. The molecule has 0 saturated heterocycles. The lowest BCUT2D eigenvalue weighted by Gasteiger charge is -2.20. The SMILES string of the molecule is CN(c1ccc(OC(F)(F)F)cc1)c1cccc2c1sc1c(F)cccc12. The number of hydrogen-bond donors (Lipinski definition) is 0. The molecule has 2 nitrogen and oxygen atoms in total. The zero-order valence-electron chi connectivity index (χ0n) is 14.0. The van der Waals surface area contributed by atoms with E-state index in [-0.39, 0.29) is 11.6 Å². The van der Waals surface area contributed by atoms with Crippen molar-refractivity contribution in [3.8, 4) is 5.75 Å². The molecule has 138 valence electrons. The van der Waals surface area contributed by atoms with E-state index in [1.54, 1.807) is 18.2 Å². The molecule has 0 saturated carbocycles. The van der Waals surface area contributed by atoms with Gasteiger partial charge in [-0.1, -0.05) is 24.3 Å². The number of hydrogen-bond acceptors (Lipinski definition) is 3. The van der Waals surface area contributed by atoms with Crippen LogP contribution in [0.5, 0.6) is 5.75 Å². The quantitative estimate of drug-likeness (QED) is 0.354. The van der Waals surface area contributed by atoms with Gasteiger partial charge in [-0.15, -0.1) is 24.5 Å². The molecule has 0 radical (unpaired) electrons. The van der Waals surface area contributed by atoms with Gasteiger partial charge in [-0.05, 0) is 36.4 Å². The lowest BCUT2D eigenvalue weighted by atomic mass is 10.1. The fourth-order valence-corrected chi connectivity index (χ4v) is 4.30. The van der Waals surface area contributed by atoms with E-state index in [0.717, 1.165) is 21.2 Å². The summed E-state index contributed by atoms with van der Waals surface area (Å²) < 4.78 is 56.5. The number of rotatable bonds is 3. The van der Waals surface area contributed by atoms with Crippen LogP contribution < -0.4 is 9.64 Å². The molecule has 4 aromatic rings. The molecule has 4 rings (SSSR count). The fourth-order valence-electron chi connectivity index (χ4n) is 3.05. The smallest absolute Gasteiger partial charge is 0.406 e. The van der Waals surface area contributed by atoms with E-state index in [4.69, 9.17) is 0 Å². The first-order chi connectivity index (χ1) is 12.8. The number of benzene rings is 3. The third-order valence-electron chi connectivity index (χ3n) is 4.27. The summed E-state index contributed by atoms with van der Waals surface area (Å²) in [5, 5.41) is 1.79. The second-order valence-corrected chi connectivity index (χ2v) is 6.99. The predicted octanol–water partition coefficient (Wildman–Crippen LogP) is 6.86. The van der Waals surface area contributed by atoms with Crippen LogP contribution in [0.15, 0.2) is 60.7 Å². The highest BCUT2D eigenvalue weighted by atomic mass is 32.1. The number of alkyl halides is 3. The summed E-state index contributed by atoms with van der Waals surface area (Å²) in [7, 11) is 1.81. The Morgan fingerprint density at radius 2 is 1.48 bits per heavy atom. The monoisotopic (exact) mass is 391 g/mol. The summed E-state index contributed by atoms with van der Waals surface area (Å²) >= 11 is 1.36. The van der Waals surface area contributed by atoms with Gasteiger partial charge >= 0.3 is 6.36 Å². The lowest BCUT2D eigenvalue weighted by molar-refractivity contribution is -0.274. The van der Waals surface area contributed by atoms with Crippen LogP contribution in [0.1, 0.15) is 0 Å². The highest BCUT2D eigenvalue weighted by Gasteiger charge is 2.31. The Kier molecular flexibility index (Phi) is 4.19. The molecule has 1 aromatic heterocycles. The largest absolute Gasteiger partial charge is 0.573 e. The van der Waals surface area contributed by atoms with Gasteiger partial charge in [0.25, 0.3) is 0 Å². The Balaban J connectivity index is 1.75. The highest BCUT2D eigenvalue weighted by molar-refractivity contribution is 7.26. The molecule has 1 heterocycles. The molecular formula is C20H13F4NOS. The number of thiophene rings is 1. The Hall–Kier alpha value is -2.80. The van der Waals surface area contributed by atoms with E-state index in [1.165, 1.54) is 29.5 Å². The standard InChI is InChI=1S/C20H13F4NOS/c1-25(12-8-10-13(11-9-12)26-20(22,23)24)17-7-3-5-15-14-4-2-6-16(21)18(14)27-19(15)17/h2-11H,1H3. The second kappa shape index (κ2) is 6.42. The van der Waals surface area contributed by atoms with Gasteiger partial charge in [-0.2, -0.15) is 0 Å².